The topological polar surface area (TPSA) is 70.1 Å². The molecular formula is C24H28N4O. The third-order valence-corrected chi connectivity index (χ3v) is 5.35. The number of nitrogens with zero attached hydrogens (tertiary/aromatic N) is 2. The van der Waals surface area contributed by atoms with E-state index in [0.717, 1.165) is 73.5 Å². The van der Waals surface area contributed by atoms with Crippen molar-refractivity contribution in [2.75, 3.05) is 18.4 Å². The van der Waals surface area contributed by atoms with Crippen LogP contribution >= 0.6 is 0 Å². The van der Waals surface area contributed by atoms with Crippen LogP contribution in [0.3, 0.4) is 0 Å². The van der Waals surface area contributed by atoms with Crippen LogP contribution in [-0.2, 0) is 12.8 Å². The van der Waals surface area contributed by atoms with Crippen molar-refractivity contribution in [2.24, 2.45) is 0 Å². The number of anilines is 1. The summed E-state index contributed by atoms with van der Waals surface area (Å²) < 4.78 is 0. The molecule has 1 fully saturated rings. The van der Waals surface area contributed by atoms with Crippen molar-refractivity contribution in [3.8, 4) is 17.0 Å². The highest BCUT2D eigenvalue weighted by atomic mass is 16.3. The minimum atomic E-state index is 0.318. The van der Waals surface area contributed by atoms with Crippen LogP contribution < -0.4 is 10.6 Å². The van der Waals surface area contributed by atoms with E-state index in [4.69, 9.17) is 4.98 Å². The van der Waals surface area contributed by atoms with Gasteiger partial charge in [0.1, 0.15) is 11.6 Å². The molecule has 150 valence electrons. The first-order valence-electron chi connectivity index (χ1n) is 10.4. The van der Waals surface area contributed by atoms with Crippen molar-refractivity contribution in [1.82, 2.24) is 15.3 Å². The van der Waals surface area contributed by atoms with Gasteiger partial charge in [-0.3, -0.25) is 0 Å². The first-order chi connectivity index (χ1) is 14.3. The maximum absolute atomic E-state index is 9.58. The summed E-state index contributed by atoms with van der Waals surface area (Å²) in [6.07, 6.45) is 6.82. The van der Waals surface area contributed by atoms with Crippen LogP contribution in [0.15, 0.2) is 60.8 Å². The van der Waals surface area contributed by atoms with E-state index in [1.54, 1.807) is 6.07 Å². The zero-order chi connectivity index (χ0) is 19.9. The molecular weight excluding hydrogens is 360 g/mol. The fourth-order valence-electron chi connectivity index (χ4n) is 3.81. The number of aromatic hydroxyl groups is 1. The normalized spacial score (nSPS) is 14.6. The fraction of sp³-hybridized carbons (Fsp3) is 0.333. The highest BCUT2D eigenvalue weighted by Crippen LogP contribution is 2.23. The maximum atomic E-state index is 9.58. The molecule has 0 aliphatic carbocycles. The van der Waals surface area contributed by atoms with Gasteiger partial charge >= 0.3 is 0 Å². The molecule has 5 heteroatoms. The number of aromatic nitrogens is 2. The highest BCUT2D eigenvalue weighted by molar-refractivity contribution is 5.65. The van der Waals surface area contributed by atoms with Gasteiger partial charge in [-0.05, 0) is 74.7 Å². The van der Waals surface area contributed by atoms with E-state index >= 15 is 0 Å². The molecule has 4 rings (SSSR count). The predicted molar refractivity (Wildman–Crippen MR) is 117 cm³/mol. The minimum Gasteiger partial charge on any atom is -0.508 e. The second kappa shape index (κ2) is 9.52. The van der Waals surface area contributed by atoms with Gasteiger partial charge in [-0.25, -0.2) is 9.97 Å². The van der Waals surface area contributed by atoms with Crippen LogP contribution in [0.2, 0.25) is 0 Å². The van der Waals surface area contributed by atoms with Crippen LogP contribution in [0.1, 0.15) is 30.7 Å². The minimum absolute atomic E-state index is 0.318. The molecule has 0 saturated carbocycles. The quantitative estimate of drug-likeness (QED) is 0.566. The Morgan fingerprint density at radius 2 is 1.86 bits per heavy atom. The summed E-state index contributed by atoms with van der Waals surface area (Å²) in [6.45, 7) is 2.16. The molecule has 2 heterocycles. The average Bonchev–Trinajstić information content (AvgIpc) is 2.75. The number of phenols is 1. The molecule has 0 spiro atoms. The number of piperidine rings is 1. The van der Waals surface area contributed by atoms with Crippen LogP contribution in [0.4, 0.5) is 5.69 Å². The molecule has 3 N–H and O–H groups in total. The third-order valence-electron chi connectivity index (χ3n) is 5.35. The number of hydrogen-bond acceptors (Lipinski definition) is 5. The van der Waals surface area contributed by atoms with Crippen molar-refractivity contribution < 1.29 is 5.11 Å². The van der Waals surface area contributed by atoms with Gasteiger partial charge in [-0.2, -0.15) is 0 Å². The van der Waals surface area contributed by atoms with E-state index in [9.17, 15) is 5.11 Å². The molecule has 5 nitrogen and oxygen atoms in total. The molecule has 1 saturated heterocycles. The summed E-state index contributed by atoms with van der Waals surface area (Å²) in [5, 5.41) is 16.6. The summed E-state index contributed by atoms with van der Waals surface area (Å²) in [4.78, 5) is 9.23. The van der Waals surface area contributed by atoms with E-state index in [-0.39, 0.29) is 0 Å². The van der Waals surface area contributed by atoms with E-state index in [1.165, 1.54) is 0 Å². The molecule has 3 aromatic rings. The van der Waals surface area contributed by atoms with Gasteiger partial charge in [0.05, 0.1) is 5.69 Å². The molecule has 0 bridgehead atoms. The number of aryl methyl sites for hydroxylation is 2. The summed E-state index contributed by atoms with van der Waals surface area (Å²) >= 11 is 0. The number of hydrogen-bond donors (Lipinski definition) is 3. The van der Waals surface area contributed by atoms with Gasteiger partial charge in [-0.1, -0.05) is 24.3 Å². The third kappa shape index (κ3) is 5.55. The van der Waals surface area contributed by atoms with Crippen LogP contribution in [-0.4, -0.2) is 34.2 Å². The zero-order valence-corrected chi connectivity index (χ0v) is 16.6. The first-order valence-corrected chi connectivity index (χ1v) is 10.4. The van der Waals surface area contributed by atoms with Gasteiger partial charge in [0, 0.05) is 29.9 Å². The van der Waals surface area contributed by atoms with E-state index in [1.807, 2.05) is 30.5 Å². The van der Waals surface area contributed by atoms with Crippen molar-refractivity contribution in [2.45, 2.75) is 38.1 Å². The molecule has 2 aromatic carbocycles. The van der Waals surface area contributed by atoms with Crippen LogP contribution in [0, 0.1) is 0 Å². The molecule has 0 atom stereocenters. The highest BCUT2D eigenvalue weighted by Gasteiger charge is 2.13. The van der Waals surface area contributed by atoms with Crippen molar-refractivity contribution in [1.29, 1.82) is 0 Å². The Hall–Kier alpha value is -2.92. The predicted octanol–water partition coefficient (Wildman–Crippen LogP) is 4.19. The molecule has 0 radical (unpaired) electrons. The second-order valence-electron chi connectivity index (χ2n) is 7.63. The lowest BCUT2D eigenvalue weighted by Crippen LogP contribution is -2.35. The van der Waals surface area contributed by atoms with E-state index in [2.05, 4.69) is 39.9 Å². The lowest BCUT2D eigenvalue weighted by molar-refractivity contribution is 0.474. The van der Waals surface area contributed by atoms with Crippen molar-refractivity contribution >= 4 is 5.69 Å². The summed E-state index contributed by atoms with van der Waals surface area (Å²) in [6, 6.07) is 18.4. The van der Waals surface area contributed by atoms with Gasteiger partial charge in [0.2, 0.25) is 0 Å². The smallest absolute Gasteiger partial charge is 0.128 e. The molecule has 1 aromatic heterocycles. The number of rotatable bonds is 7. The number of benzene rings is 2. The van der Waals surface area contributed by atoms with Gasteiger partial charge in [-0.15, -0.1) is 0 Å². The Labute approximate surface area is 172 Å². The number of nitrogens with one attached hydrogen (secondary N) is 2. The number of phenolic OH excluding ortho intramolecular Hbond substituents is 1. The summed E-state index contributed by atoms with van der Waals surface area (Å²) in [5.41, 5.74) is 4.36. The lowest BCUT2D eigenvalue weighted by atomic mass is 10.1. The van der Waals surface area contributed by atoms with Gasteiger partial charge < -0.3 is 15.7 Å². The second-order valence-corrected chi connectivity index (χ2v) is 7.63. The van der Waals surface area contributed by atoms with Crippen molar-refractivity contribution in [3.05, 3.63) is 72.2 Å². The SMILES string of the molecule is Oc1cccc(CCCc2nccc(-c3cccc(NC4CCNCC4)c3)n2)c1. The average molecular weight is 389 g/mol. The molecule has 1 aliphatic rings. The standard InChI is InChI=1S/C24H28N4O/c29-22-8-1-4-18(16-22)5-2-9-24-26-15-12-23(28-24)19-6-3-7-21(17-19)27-20-10-13-25-14-11-20/h1,3-4,6-8,12,15-17,20,25,27,29H,2,5,9-11,13-14H2. The van der Waals surface area contributed by atoms with E-state index in [0.29, 0.717) is 11.8 Å². The maximum Gasteiger partial charge on any atom is 0.128 e. The Balaban J connectivity index is 1.39. The Morgan fingerprint density at radius 1 is 1.00 bits per heavy atom. The fourth-order valence-corrected chi connectivity index (χ4v) is 3.81. The monoisotopic (exact) mass is 388 g/mol. The molecule has 1 aliphatic heterocycles. The lowest BCUT2D eigenvalue weighted by Gasteiger charge is -2.24. The summed E-state index contributed by atoms with van der Waals surface area (Å²) in [5.74, 6) is 1.18. The van der Waals surface area contributed by atoms with Crippen LogP contribution in [0.5, 0.6) is 5.75 Å². The summed E-state index contributed by atoms with van der Waals surface area (Å²) in [7, 11) is 0. The molecule has 0 amide bonds. The Morgan fingerprint density at radius 3 is 2.72 bits per heavy atom. The Kier molecular flexibility index (Phi) is 6.37. The molecule has 29 heavy (non-hydrogen) atoms. The zero-order valence-electron chi connectivity index (χ0n) is 16.6. The van der Waals surface area contributed by atoms with Gasteiger partial charge in [0.15, 0.2) is 0 Å². The van der Waals surface area contributed by atoms with E-state index < -0.39 is 0 Å². The Bertz CT molecular complexity index is 937. The largest absolute Gasteiger partial charge is 0.508 e. The molecule has 0 unspecified atom stereocenters. The van der Waals surface area contributed by atoms with Crippen molar-refractivity contribution in [3.63, 3.8) is 0 Å². The van der Waals surface area contributed by atoms with Gasteiger partial charge in [0.25, 0.3) is 0 Å². The first kappa shape index (κ1) is 19.4. The van der Waals surface area contributed by atoms with Crippen LogP contribution in [0.25, 0.3) is 11.3 Å².